The van der Waals surface area contributed by atoms with E-state index in [2.05, 4.69) is 25.7 Å². The zero-order chi connectivity index (χ0) is 15.9. The predicted octanol–water partition coefficient (Wildman–Crippen LogP) is 4.88. The Kier molecular flexibility index (Phi) is 4.48. The molecule has 0 unspecified atom stereocenters. The van der Waals surface area contributed by atoms with Crippen LogP contribution < -0.4 is 0 Å². The summed E-state index contributed by atoms with van der Waals surface area (Å²) in [6, 6.07) is 0. The third kappa shape index (κ3) is 4.23. The van der Waals surface area contributed by atoms with E-state index in [-0.39, 0.29) is 5.41 Å². The van der Waals surface area contributed by atoms with E-state index in [1.165, 1.54) is 38.5 Å². The molecule has 1 saturated heterocycles. The Labute approximate surface area is 131 Å². The van der Waals surface area contributed by atoms with Crippen LogP contribution >= 0.6 is 0 Å². The van der Waals surface area contributed by atoms with Crippen LogP contribution in [-0.2, 0) is 4.79 Å². The Morgan fingerprint density at radius 1 is 1.05 bits per heavy atom. The fraction of sp³-hybridized carbons (Fsp3) is 0.947. The molecule has 0 aromatic carbocycles. The van der Waals surface area contributed by atoms with Crippen molar-refractivity contribution in [1.29, 1.82) is 0 Å². The molecule has 1 aliphatic carbocycles. The van der Waals surface area contributed by atoms with Crippen molar-refractivity contribution in [3.05, 3.63) is 0 Å². The van der Waals surface area contributed by atoms with Gasteiger partial charge in [-0.2, -0.15) is 0 Å². The minimum Gasteiger partial charge on any atom is -0.341 e. The molecule has 1 amide bonds. The summed E-state index contributed by atoms with van der Waals surface area (Å²) in [7, 11) is 0. The minimum atomic E-state index is -0.217. The lowest BCUT2D eigenvalue weighted by atomic mass is 9.64. The van der Waals surface area contributed by atoms with E-state index in [1.807, 2.05) is 20.8 Å². The average Bonchev–Trinajstić information content (AvgIpc) is 2.31. The highest BCUT2D eigenvalue weighted by atomic mass is 16.2. The molecule has 122 valence electrons. The summed E-state index contributed by atoms with van der Waals surface area (Å²) >= 11 is 0. The molecule has 0 aromatic heterocycles. The van der Waals surface area contributed by atoms with Crippen molar-refractivity contribution in [3.63, 3.8) is 0 Å². The number of carbonyl (C=O) groups is 1. The second-order valence-corrected chi connectivity index (χ2v) is 9.95. The molecule has 0 aromatic rings. The molecule has 1 aliphatic heterocycles. The third-order valence-electron chi connectivity index (χ3n) is 5.45. The number of carbonyl (C=O) groups excluding carboxylic acids is 1. The summed E-state index contributed by atoms with van der Waals surface area (Å²) in [6.45, 7) is 15.2. The van der Waals surface area contributed by atoms with Gasteiger partial charge in [0, 0.05) is 23.9 Å². The van der Waals surface area contributed by atoms with Gasteiger partial charge in [0.15, 0.2) is 0 Å². The Balaban J connectivity index is 1.75. The van der Waals surface area contributed by atoms with Crippen LogP contribution in [-0.4, -0.2) is 23.9 Å². The molecule has 0 N–H and O–H groups in total. The second-order valence-electron chi connectivity index (χ2n) is 9.95. The van der Waals surface area contributed by atoms with E-state index in [0.717, 1.165) is 19.0 Å². The molecule has 2 rings (SSSR count). The van der Waals surface area contributed by atoms with Gasteiger partial charge in [-0.15, -0.1) is 0 Å². The van der Waals surface area contributed by atoms with Gasteiger partial charge in [-0.25, -0.2) is 0 Å². The van der Waals surface area contributed by atoms with Crippen molar-refractivity contribution in [2.24, 2.45) is 22.2 Å². The van der Waals surface area contributed by atoms with E-state index in [9.17, 15) is 4.79 Å². The molecule has 2 heteroatoms. The minimum absolute atomic E-state index is 0.217. The molecule has 0 atom stereocenters. The highest BCUT2D eigenvalue weighted by Crippen LogP contribution is 2.47. The molecule has 2 nitrogen and oxygen atoms in total. The summed E-state index contributed by atoms with van der Waals surface area (Å²) < 4.78 is 0. The van der Waals surface area contributed by atoms with E-state index < -0.39 is 0 Å². The first-order valence-corrected chi connectivity index (χ1v) is 8.80. The molecule has 21 heavy (non-hydrogen) atoms. The van der Waals surface area contributed by atoms with Crippen LogP contribution in [0, 0.1) is 22.2 Å². The van der Waals surface area contributed by atoms with Crippen molar-refractivity contribution in [3.8, 4) is 0 Å². The SMILES string of the molecule is CC(C)(C)CCC1CCC2(CC1)CN(C(=O)C(C)(C)C)C2. The van der Waals surface area contributed by atoms with Crippen LogP contribution in [0.2, 0.25) is 0 Å². The number of likely N-dealkylation sites (tertiary alicyclic amines) is 1. The summed E-state index contributed by atoms with van der Waals surface area (Å²) in [4.78, 5) is 14.4. The van der Waals surface area contributed by atoms with E-state index in [1.54, 1.807) is 0 Å². The van der Waals surface area contributed by atoms with Crippen LogP contribution in [0.1, 0.15) is 80.1 Å². The lowest BCUT2D eigenvalue weighted by Gasteiger charge is -2.55. The summed E-state index contributed by atoms with van der Waals surface area (Å²) in [6.07, 6.45) is 8.19. The molecule has 2 aliphatic rings. The maximum absolute atomic E-state index is 12.3. The van der Waals surface area contributed by atoms with Gasteiger partial charge in [0.2, 0.25) is 5.91 Å². The Morgan fingerprint density at radius 3 is 2.00 bits per heavy atom. The van der Waals surface area contributed by atoms with Gasteiger partial charge in [-0.05, 0) is 49.9 Å². The van der Waals surface area contributed by atoms with Crippen LogP contribution in [0.5, 0.6) is 0 Å². The van der Waals surface area contributed by atoms with Gasteiger partial charge in [0.1, 0.15) is 0 Å². The highest BCUT2D eigenvalue weighted by molar-refractivity contribution is 5.82. The molecule has 0 radical (unpaired) electrons. The van der Waals surface area contributed by atoms with Crippen LogP contribution in [0.3, 0.4) is 0 Å². The molecule has 0 bridgehead atoms. The molecule has 1 spiro atoms. The highest BCUT2D eigenvalue weighted by Gasteiger charge is 2.48. The summed E-state index contributed by atoms with van der Waals surface area (Å²) in [5.74, 6) is 1.27. The third-order valence-corrected chi connectivity index (χ3v) is 5.45. The maximum atomic E-state index is 12.3. The maximum Gasteiger partial charge on any atom is 0.227 e. The van der Waals surface area contributed by atoms with Gasteiger partial charge >= 0.3 is 0 Å². The standard InChI is InChI=1S/C19H35NO/c1-17(2,3)10-7-15-8-11-19(12-9-15)13-20(14-19)16(21)18(4,5)6/h15H,7-14H2,1-6H3. The Morgan fingerprint density at radius 2 is 1.57 bits per heavy atom. The second kappa shape index (κ2) is 5.59. The van der Waals surface area contributed by atoms with Gasteiger partial charge in [0.25, 0.3) is 0 Å². The van der Waals surface area contributed by atoms with Gasteiger partial charge in [0.05, 0.1) is 0 Å². The zero-order valence-electron chi connectivity index (χ0n) is 15.1. The quantitative estimate of drug-likeness (QED) is 0.710. The normalized spacial score (nSPS) is 23.2. The average molecular weight is 293 g/mol. The predicted molar refractivity (Wildman–Crippen MR) is 89.1 cm³/mol. The molecule has 2 fully saturated rings. The van der Waals surface area contributed by atoms with Gasteiger partial charge < -0.3 is 4.90 Å². The lowest BCUT2D eigenvalue weighted by Crippen LogP contribution is -2.61. The first kappa shape index (κ1) is 16.8. The van der Waals surface area contributed by atoms with E-state index >= 15 is 0 Å². The van der Waals surface area contributed by atoms with Crippen LogP contribution in [0.25, 0.3) is 0 Å². The molecular weight excluding hydrogens is 258 g/mol. The largest absolute Gasteiger partial charge is 0.341 e. The van der Waals surface area contributed by atoms with Crippen molar-refractivity contribution < 1.29 is 4.79 Å². The summed E-state index contributed by atoms with van der Waals surface area (Å²) in [5, 5.41) is 0. The number of hydrogen-bond donors (Lipinski definition) is 0. The zero-order valence-corrected chi connectivity index (χ0v) is 15.1. The fourth-order valence-electron chi connectivity index (χ4n) is 3.91. The van der Waals surface area contributed by atoms with Crippen molar-refractivity contribution in [1.82, 2.24) is 4.90 Å². The first-order chi connectivity index (χ1) is 9.51. The van der Waals surface area contributed by atoms with Crippen molar-refractivity contribution in [2.45, 2.75) is 80.1 Å². The van der Waals surface area contributed by atoms with E-state index in [0.29, 0.717) is 16.7 Å². The lowest BCUT2D eigenvalue weighted by molar-refractivity contribution is -0.155. The number of rotatable bonds is 2. The monoisotopic (exact) mass is 293 g/mol. The topological polar surface area (TPSA) is 20.3 Å². The van der Waals surface area contributed by atoms with Crippen molar-refractivity contribution >= 4 is 5.91 Å². The molecule has 1 heterocycles. The smallest absolute Gasteiger partial charge is 0.227 e. The van der Waals surface area contributed by atoms with Gasteiger partial charge in [-0.3, -0.25) is 4.79 Å². The van der Waals surface area contributed by atoms with Crippen LogP contribution in [0.4, 0.5) is 0 Å². The first-order valence-electron chi connectivity index (χ1n) is 8.80. The molecule has 1 saturated carbocycles. The number of hydrogen-bond acceptors (Lipinski definition) is 1. The number of amides is 1. The van der Waals surface area contributed by atoms with Crippen molar-refractivity contribution in [2.75, 3.05) is 13.1 Å². The van der Waals surface area contributed by atoms with Gasteiger partial charge in [-0.1, -0.05) is 41.5 Å². The Bertz CT molecular complexity index is 369. The fourth-order valence-corrected chi connectivity index (χ4v) is 3.91. The van der Waals surface area contributed by atoms with Crippen LogP contribution in [0.15, 0.2) is 0 Å². The number of nitrogens with zero attached hydrogens (tertiary/aromatic N) is 1. The molecular formula is C19H35NO. The summed E-state index contributed by atoms with van der Waals surface area (Å²) in [5.41, 5.74) is 0.742. The van der Waals surface area contributed by atoms with E-state index in [4.69, 9.17) is 0 Å². The Hall–Kier alpha value is -0.530.